The molecule has 4 nitrogen and oxygen atoms in total. The maximum atomic E-state index is 11.3. The molecule has 1 aliphatic heterocycles. The zero-order chi connectivity index (χ0) is 7.84. The Labute approximate surface area is 64.4 Å². The Morgan fingerprint density at radius 1 is 1.64 bits per heavy atom. The topological polar surface area (TPSA) is 37.9 Å². The van der Waals surface area contributed by atoms with Crippen LogP contribution in [0.5, 0.6) is 0 Å². The van der Waals surface area contributed by atoms with Gasteiger partial charge < -0.3 is 4.90 Å². The highest BCUT2D eigenvalue weighted by molar-refractivity contribution is 5.93. The van der Waals surface area contributed by atoms with Gasteiger partial charge in [0.15, 0.2) is 0 Å². The van der Waals surface area contributed by atoms with Gasteiger partial charge in [0.2, 0.25) is 0 Å². The molecule has 0 bridgehead atoms. The fourth-order valence-corrected chi connectivity index (χ4v) is 0.944. The van der Waals surface area contributed by atoms with Crippen LogP contribution in [0.1, 0.15) is 10.5 Å². The van der Waals surface area contributed by atoms with Crippen LogP contribution in [-0.4, -0.2) is 33.7 Å². The van der Waals surface area contributed by atoms with Crippen molar-refractivity contribution >= 4 is 5.91 Å². The Morgan fingerprint density at radius 3 is 2.82 bits per heavy atom. The van der Waals surface area contributed by atoms with Gasteiger partial charge in [-0.15, -0.1) is 0 Å². The summed E-state index contributed by atoms with van der Waals surface area (Å²) in [6, 6.07) is 1.74. The predicted octanol–water partition coefficient (Wildman–Crippen LogP) is -0.124. The molecule has 0 saturated carbocycles. The molecule has 1 aromatic rings. The molecule has 11 heavy (non-hydrogen) atoms. The highest BCUT2D eigenvalue weighted by atomic mass is 16.2. The summed E-state index contributed by atoms with van der Waals surface area (Å²) in [6.45, 7) is 1.77. The molecule has 0 atom stereocenters. The minimum atomic E-state index is 0.0469. The molecule has 0 aliphatic carbocycles. The third-order valence-corrected chi connectivity index (χ3v) is 1.67. The average Bonchev–Trinajstić information content (AvgIpc) is 2.74. The van der Waals surface area contributed by atoms with Gasteiger partial charge in [0.1, 0.15) is 5.69 Å². The molecule has 1 aliphatic rings. The monoisotopic (exact) mass is 151 g/mol. The molecule has 0 unspecified atom stereocenters. The number of aryl methyl sites for hydroxylation is 1. The molecule has 0 N–H and O–H groups in total. The van der Waals surface area contributed by atoms with E-state index in [9.17, 15) is 4.79 Å². The number of carbonyl (C=O) groups excluding carboxylic acids is 1. The van der Waals surface area contributed by atoms with E-state index in [0.29, 0.717) is 5.69 Å². The van der Waals surface area contributed by atoms with Gasteiger partial charge in [0.05, 0.1) is 0 Å². The molecule has 2 rings (SSSR count). The summed E-state index contributed by atoms with van der Waals surface area (Å²) in [5.41, 5.74) is 0.546. The van der Waals surface area contributed by atoms with Crippen LogP contribution in [0.15, 0.2) is 12.3 Å². The van der Waals surface area contributed by atoms with Gasteiger partial charge in [-0.3, -0.25) is 9.48 Å². The van der Waals surface area contributed by atoms with E-state index in [1.54, 1.807) is 28.9 Å². The van der Waals surface area contributed by atoms with Crippen molar-refractivity contribution in [3.05, 3.63) is 18.0 Å². The first-order valence-corrected chi connectivity index (χ1v) is 3.56. The van der Waals surface area contributed by atoms with E-state index in [0.717, 1.165) is 13.1 Å². The van der Waals surface area contributed by atoms with E-state index >= 15 is 0 Å². The Morgan fingerprint density at radius 2 is 2.36 bits per heavy atom. The van der Waals surface area contributed by atoms with Crippen LogP contribution in [0.4, 0.5) is 0 Å². The Bertz CT molecular complexity index is 288. The van der Waals surface area contributed by atoms with Gasteiger partial charge in [-0.25, -0.2) is 0 Å². The molecule has 58 valence electrons. The smallest absolute Gasteiger partial charge is 0.274 e. The van der Waals surface area contributed by atoms with Crippen molar-refractivity contribution in [2.45, 2.75) is 0 Å². The first kappa shape index (κ1) is 6.39. The summed E-state index contributed by atoms with van der Waals surface area (Å²) in [7, 11) is 1.80. The first-order valence-electron chi connectivity index (χ1n) is 3.56. The normalized spacial score (nSPS) is 15.2. The quantitative estimate of drug-likeness (QED) is 0.524. The van der Waals surface area contributed by atoms with Crippen LogP contribution in [0.25, 0.3) is 0 Å². The van der Waals surface area contributed by atoms with Crippen LogP contribution >= 0.6 is 0 Å². The molecule has 4 heteroatoms. The number of amides is 1. The maximum Gasteiger partial charge on any atom is 0.274 e. The molecular formula is C7H9N3O. The second kappa shape index (κ2) is 2.08. The van der Waals surface area contributed by atoms with Crippen molar-refractivity contribution in [2.75, 3.05) is 13.1 Å². The largest absolute Gasteiger partial charge is 0.334 e. The van der Waals surface area contributed by atoms with E-state index in [1.807, 2.05) is 0 Å². The molecule has 0 radical (unpaired) electrons. The number of hydrogen-bond donors (Lipinski definition) is 0. The molecule has 2 heterocycles. The molecule has 0 spiro atoms. The SMILES string of the molecule is Cn1ccc(C(=O)N2CC2)n1. The standard InChI is InChI=1S/C7H9N3O/c1-9-3-2-6(8-9)7(11)10-4-5-10/h2-3H,4-5H2,1H3. The fraction of sp³-hybridized carbons (Fsp3) is 0.429. The van der Waals surface area contributed by atoms with Crippen molar-refractivity contribution in [1.82, 2.24) is 14.7 Å². The summed E-state index contributed by atoms with van der Waals surface area (Å²) in [4.78, 5) is 13.0. The fourth-order valence-electron chi connectivity index (χ4n) is 0.944. The maximum absolute atomic E-state index is 11.3. The first-order chi connectivity index (χ1) is 5.27. The lowest BCUT2D eigenvalue weighted by atomic mass is 10.4. The van der Waals surface area contributed by atoms with Crippen molar-refractivity contribution in [2.24, 2.45) is 7.05 Å². The highest BCUT2D eigenvalue weighted by Crippen LogP contribution is 2.09. The average molecular weight is 151 g/mol. The van der Waals surface area contributed by atoms with E-state index in [1.165, 1.54) is 0 Å². The van der Waals surface area contributed by atoms with Crippen molar-refractivity contribution < 1.29 is 4.79 Å². The van der Waals surface area contributed by atoms with Gasteiger partial charge in [0.25, 0.3) is 5.91 Å². The lowest BCUT2D eigenvalue weighted by Crippen LogP contribution is -2.11. The number of carbonyl (C=O) groups is 1. The molecule has 1 fully saturated rings. The van der Waals surface area contributed by atoms with Gasteiger partial charge in [-0.1, -0.05) is 0 Å². The minimum Gasteiger partial charge on any atom is -0.334 e. The van der Waals surface area contributed by atoms with Gasteiger partial charge in [-0.05, 0) is 6.07 Å². The predicted molar refractivity (Wildman–Crippen MR) is 39.1 cm³/mol. The summed E-state index contributed by atoms with van der Waals surface area (Å²) >= 11 is 0. The van der Waals surface area contributed by atoms with Gasteiger partial charge in [-0.2, -0.15) is 5.10 Å². The molecule has 0 aromatic carbocycles. The number of aromatic nitrogens is 2. The molecular weight excluding hydrogens is 142 g/mol. The third-order valence-electron chi connectivity index (χ3n) is 1.67. The van der Waals surface area contributed by atoms with E-state index < -0.39 is 0 Å². The zero-order valence-electron chi connectivity index (χ0n) is 6.32. The van der Waals surface area contributed by atoms with Crippen molar-refractivity contribution in [3.8, 4) is 0 Å². The summed E-state index contributed by atoms with van der Waals surface area (Å²) in [5.74, 6) is 0.0469. The lowest BCUT2D eigenvalue weighted by Gasteiger charge is -1.94. The van der Waals surface area contributed by atoms with E-state index in [-0.39, 0.29) is 5.91 Å². The Hall–Kier alpha value is -1.32. The zero-order valence-corrected chi connectivity index (χ0v) is 6.32. The number of nitrogens with zero attached hydrogens (tertiary/aromatic N) is 3. The summed E-state index contributed by atoms with van der Waals surface area (Å²) < 4.78 is 1.64. The molecule has 1 amide bonds. The van der Waals surface area contributed by atoms with Crippen LogP contribution in [0.2, 0.25) is 0 Å². The Balaban J connectivity index is 2.21. The molecule has 1 saturated heterocycles. The van der Waals surface area contributed by atoms with Crippen LogP contribution in [-0.2, 0) is 7.05 Å². The lowest BCUT2D eigenvalue weighted by molar-refractivity contribution is 0.0879. The van der Waals surface area contributed by atoms with Crippen molar-refractivity contribution in [1.29, 1.82) is 0 Å². The van der Waals surface area contributed by atoms with Gasteiger partial charge in [0, 0.05) is 26.3 Å². The number of rotatable bonds is 1. The second-order valence-electron chi connectivity index (χ2n) is 2.67. The minimum absolute atomic E-state index is 0.0469. The Kier molecular flexibility index (Phi) is 1.21. The second-order valence-corrected chi connectivity index (χ2v) is 2.67. The van der Waals surface area contributed by atoms with Crippen LogP contribution in [0, 0.1) is 0 Å². The summed E-state index contributed by atoms with van der Waals surface area (Å²) in [5, 5.41) is 4.00. The van der Waals surface area contributed by atoms with Crippen LogP contribution in [0.3, 0.4) is 0 Å². The third kappa shape index (κ3) is 1.11. The number of hydrogen-bond acceptors (Lipinski definition) is 2. The molecule has 1 aromatic heterocycles. The van der Waals surface area contributed by atoms with Crippen molar-refractivity contribution in [3.63, 3.8) is 0 Å². The van der Waals surface area contributed by atoms with Crippen LogP contribution < -0.4 is 0 Å². The summed E-state index contributed by atoms with van der Waals surface area (Å²) in [6.07, 6.45) is 1.77. The highest BCUT2D eigenvalue weighted by Gasteiger charge is 2.26. The van der Waals surface area contributed by atoms with Gasteiger partial charge >= 0.3 is 0 Å². The van der Waals surface area contributed by atoms with E-state index in [2.05, 4.69) is 5.10 Å². The van der Waals surface area contributed by atoms with E-state index in [4.69, 9.17) is 0 Å².